The van der Waals surface area contributed by atoms with Gasteiger partial charge in [0.15, 0.2) is 0 Å². The third-order valence-electron chi connectivity index (χ3n) is 3.93. The van der Waals surface area contributed by atoms with E-state index in [1.807, 2.05) is 20.8 Å². The van der Waals surface area contributed by atoms with Crippen molar-refractivity contribution in [2.45, 2.75) is 91.6 Å². The first-order valence-electron chi connectivity index (χ1n) is 9.92. The van der Waals surface area contributed by atoms with E-state index in [4.69, 9.17) is 24.1 Å². The molecule has 0 saturated carbocycles. The van der Waals surface area contributed by atoms with Gasteiger partial charge in [-0.1, -0.05) is 33.1 Å². The summed E-state index contributed by atoms with van der Waals surface area (Å²) >= 11 is 0. The average Bonchev–Trinajstić information content (AvgIpc) is 2.58. The van der Waals surface area contributed by atoms with Crippen LogP contribution in [-0.4, -0.2) is 62.6 Å². The highest BCUT2D eigenvalue weighted by Gasteiger charge is 2.11. The summed E-state index contributed by atoms with van der Waals surface area (Å²) < 4.78 is 22.7. The zero-order chi connectivity index (χ0) is 19.1. The molecule has 0 saturated heterocycles. The van der Waals surface area contributed by atoms with Gasteiger partial charge in [0.1, 0.15) is 0 Å². The van der Waals surface area contributed by atoms with Crippen molar-refractivity contribution >= 4 is 0 Å². The molecule has 4 atom stereocenters. The molecule has 0 spiro atoms. The van der Waals surface area contributed by atoms with Crippen molar-refractivity contribution in [1.29, 1.82) is 0 Å². The van der Waals surface area contributed by atoms with Crippen LogP contribution in [0.25, 0.3) is 0 Å². The van der Waals surface area contributed by atoms with E-state index in [-0.39, 0.29) is 31.0 Å². The molecule has 4 unspecified atom stereocenters. The summed E-state index contributed by atoms with van der Waals surface area (Å²) in [5, 5.41) is 8.92. The lowest BCUT2D eigenvalue weighted by Gasteiger charge is -2.21. The molecule has 0 amide bonds. The lowest BCUT2D eigenvalue weighted by molar-refractivity contribution is -0.0891. The molecule has 0 aromatic carbocycles. The number of ether oxygens (including phenoxy) is 4. The molecule has 0 aliphatic carbocycles. The van der Waals surface area contributed by atoms with Crippen LogP contribution in [0.3, 0.4) is 0 Å². The second kappa shape index (κ2) is 16.0. The van der Waals surface area contributed by atoms with E-state index in [1.54, 1.807) is 0 Å². The molecule has 5 nitrogen and oxygen atoms in total. The van der Waals surface area contributed by atoms with E-state index in [1.165, 1.54) is 19.3 Å². The number of hydrogen-bond acceptors (Lipinski definition) is 5. The van der Waals surface area contributed by atoms with E-state index >= 15 is 0 Å². The van der Waals surface area contributed by atoms with Gasteiger partial charge in [0.2, 0.25) is 0 Å². The molecule has 0 aromatic heterocycles. The van der Waals surface area contributed by atoms with E-state index in [0.717, 1.165) is 18.9 Å². The molecule has 1 N–H and O–H groups in total. The van der Waals surface area contributed by atoms with Crippen molar-refractivity contribution in [2.24, 2.45) is 5.92 Å². The second-order valence-corrected chi connectivity index (χ2v) is 7.54. The van der Waals surface area contributed by atoms with Gasteiger partial charge in [0.05, 0.1) is 50.8 Å². The monoisotopic (exact) mass is 362 g/mol. The first-order chi connectivity index (χ1) is 11.8. The molecule has 0 bridgehead atoms. The number of aliphatic hydroxyl groups excluding tert-OH is 1. The van der Waals surface area contributed by atoms with Crippen molar-refractivity contribution < 1.29 is 24.1 Å². The largest absolute Gasteiger partial charge is 0.394 e. The minimum atomic E-state index is -0.150. The zero-order valence-electron chi connectivity index (χ0n) is 17.3. The minimum Gasteiger partial charge on any atom is -0.394 e. The van der Waals surface area contributed by atoms with Gasteiger partial charge in [0.25, 0.3) is 0 Å². The van der Waals surface area contributed by atoms with Crippen LogP contribution in [0.4, 0.5) is 0 Å². The molecule has 0 aromatic rings. The highest BCUT2D eigenvalue weighted by atomic mass is 16.6. The van der Waals surface area contributed by atoms with Gasteiger partial charge in [0, 0.05) is 6.61 Å². The summed E-state index contributed by atoms with van der Waals surface area (Å²) in [5.41, 5.74) is 0. The summed E-state index contributed by atoms with van der Waals surface area (Å²) in [6.07, 6.45) is 4.93. The van der Waals surface area contributed by atoms with Crippen LogP contribution in [0, 0.1) is 5.92 Å². The van der Waals surface area contributed by atoms with Crippen LogP contribution in [0.5, 0.6) is 0 Å². The molecule has 0 fully saturated rings. The number of aliphatic hydroxyl groups is 1. The van der Waals surface area contributed by atoms with Gasteiger partial charge in [-0.3, -0.25) is 0 Å². The maximum Gasteiger partial charge on any atom is 0.0781 e. The summed E-state index contributed by atoms with van der Waals surface area (Å²) in [4.78, 5) is 0. The highest BCUT2D eigenvalue weighted by molar-refractivity contribution is 4.56. The van der Waals surface area contributed by atoms with E-state index in [2.05, 4.69) is 20.8 Å². The third kappa shape index (κ3) is 17.0. The summed E-state index contributed by atoms with van der Waals surface area (Å²) in [5.74, 6) is 0.796. The highest BCUT2D eigenvalue weighted by Crippen LogP contribution is 2.08. The fourth-order valence-corrected chi connectivity index (χ4v) is 2.21. The predicted octanol–water partition coefficient (Wildman–Crippen LogP) is 3.82. The summed E-state index contributed by atoms with van der Waals surface area (Å²) in [7, 11) is 0. The van der Waals surface area contributed by atoms with Gasteiger partial charge in [-0.15, -0.1) is 0 Å². The molecule has 0 heterocycles. The fraction of sp³-hybridized carbons (Fsp3) is 1.00. The molecule has 25 heavy (non-hydrogen) atoms. The van der Waals surface area contributed by atoms with Crippen LogP contribution in [0.1, 0.15) is 67.2 Å². The molecular weight excluding hydrogens is 320 g/mol. The summed E-state index contributed by atoms with van der Waals surface area (Å²) in [6, 6.07) is 0. The molecule has 5 heteroatoms. The van der Waals surface area contributed by atoms with Gasteiger partial charge in [-0.25, -0.2) is 0 Å². The second-order valence-electron chi connectivity index (χ2n) is 7.54. The Morgan fingerprint density at radius 1 is 0.600 bits per heavy atom. The Kier molecular flexibility index (Phi) is 15.9. The SMILES string of the molecule is CC(C)CCCCCOC(C)COC(C)COC(C)COC(C)CO. The van der Waals surface area contributed by atoms with Crippen molar-refractivity contribution in [2.75, 3.05) is 33.0 Å². The van der Waals surface area contributed by atoms with Crippen molar-refractivity contribution in [1.82, 2.24) is 0 Å². The molecule has 0 aliphatic rings. The molecule has 0 radical (unpaired) electrons. The van der Waals surface area contributed by atoms with Crippen LogP contribution in [0.2, 0.25) is 0 Å². The number of hydrogen-bond donors (Lipinski definition) is 1. The quantitative estimate of drug-likeness (QED) is 0.399. The fourth-order valence-electron chi connectivity index (χ4n) is 2.21. The Bertz CT molecular complexity index is 285. The minimum absolute atomic E-state index is 0.0143. The van der Waals surface area contributed by atoms with Crippen LogP contribution >= 0.6 is 0 Å². The first kappa shape index (κ1) is 24.8. The lowest BCUT2D eigenvalue weighted by Crippen LogP contribution is -2.28. The smallest absolute Gasteiger partial charge is 0.0781 e. The normalized spacial score (nSPS) is 16.8. The van der Waals surface area contributed by atoms with Crippen molar-refractivity contribution in [3.63, 3.8) is 0 Å². The van der Waals surface area contributed by atoms with Crippen LogP contribution < -0.4 is 0 Å². The zero-order valence-corrected chi connectivity index (χ0v) is 17.3. The third-order valence-corrected chi connectivity index (χ3v) is 3.93. The molecule has 0 aliphatic heterocycles. The standard InChI is InChI=1S/C20H42O5/c1-16(2)10-8-7-9-11-22-18(4)13-24-20(6)15-25-19(5)14-23-17(3)12-21/h16-21H,7-15H2,1-6H3. The van der Waals surface area contributed by atoms with Gasteiger partial charge >= 0.3 is 0 Å². The molecular formula is C20H42O5. The van der Waals surface area contributed by atoms with E-state index in [0.29, 0.717) is 19.8 Å². The Labute approximate surface area is 155 Å². The van der Waals surface area contributed by atoms with Gasteiger partial charge in [-0.2, -0.15) is 0 Å². The maximum absolute atomic E-state index is 8.92. The maximum atomic E-state index is 8.92. The van der Waals surface area contributed by atoms with E-state index < -0.39 is 0 Å². The predicted molar refractivity (Wildman–Crippen MR) is 102 cm³/mol. The Hall–Kier alpha value is -0.200. The Morgan fingerprint density at radius 2 is 1.08 bits per heavy atom. The number of unbranched alkanes of at least 4 members (excludes halogenated alkanes) is 2. The van der Waals surface area contributed by atoms with Gasteiger partial charge < -0.3 is 24.1 Å². The molecule has 0 rings (SSSR count). The van der Waals surface area contributed by atoms with Crippen molar-refractivity contribution in [3.8, 4) is 0 Å². The Balaban J connectivity index is 3.55. The average molecular weight is 363 g/mol. The lowest BCUT2D eigenvalue weighted by atomic mass is 10.1. The van der Waals surface area contributed by atoms with Crippen LogP contribution in [-0.2, 0) is 18.9 Å². The van der Waals surface area contributed by atoms with Gasteiger partial charge in [-0.05, 0) is 40.0 Å². The van der Waals surface area contributed by atoms with Crippen molar-refractivity contribution in [3.05, 3.63) is 0 Å². The topological polar surface area (TPSA) is 57.2 Å². The first-order valence-corrected chi connectivity index (χ1v) is 9.92. The number of rotatable bonds is 17. The Morgan fingerprint density at radius 3 is 1.56 bits per heavy atom. The van der Waals surface area contributed by atoms with E-state index in [9.17, 15) is 0 Å². The molecule has 152 valence electrons. The van der Waals surface area contributed by atoms with Crippen LogP contribution in [0.15, 0.2) is 0 Å². The summed E-state index contributed by atoms with van der Waals surface area (Å²) in [6.45, 7) is 14.8.